The third kappa shape index (κ3) is 4.79. The quantitative estimate of drug-likeness (QED) is 0.819. The third-order valence-electron chi connectivity index (χ3n) is 3.93. The van der Waals surface area contributed by atoms with E-state index in [2.05, 4.69) is 10.3 Å². The average molecular weight is 393 g/mol. The molecule has 2 heterocycles. The van der Waals surface area contributed by atoms with Gasteiger partial charge in [-0.2, -0.15) is 17.5 Å². The molecule has 144 valence electrons. The molecule has 1 aromatic rings. The number of nitrogens with one attached hydrogen (secondary N) is 1. The first-order valence-electron chi connectivity index (χ1n) is 7.96. The van der Waals surface area contributed by atoms with Crippen molar-refractivity contribution in [2.75, 3.05) is 19.6 Å². The van der Waals surface area contributed by atoms with Crippen LogP contribution in [0.15, 0.2) is 18.5 Å². The Bertz CT molecular complexity index is 775. The topological polar surface area (TPSA) is 96.4 Å². The van der Waals surface area contributed by atoms with Crippen molar-refractivity contribution in [2.45, 2.75) is 31.9 Å². The van der Waals surface area contributed by atoms with Crippen molar-refractivity contribution in [1.29, 1.82) is 0 Å². The maximum absolute atomic E-state index is 12.9. The number of aromatic nitrogens is 1. The van der Waals surface area contributed by atoms with Crippen molar-refractivity contribution in [1.82, 2.24) is 14.6 Å². The molecule has 1 aliphatic heterocycles. The van der Waals surface area contributed by atoms with Crippen molar-refractivity contribution in [3.63, 3.8) is 0 Å². The summed E-state index contributed by atoms with van der Waals surface area (Å²) in [6.07, 6.45) is -1.34. The third-order valence-corrected chi connectivity index (χ3v) is 5.75. The van der Waals surface area contributed by atoms with Crippen LogP contribution in [0.5, 0.6) is 0 Å². The second-order valence-electron chi connectivity index (χ2n) is 5.76. The molecule has 1 amide bonds. The molecule has 0 unspecified atom stereocenters. The Morgan fingerprint density at radius 3 is 2.46 bits per heavy atom. The number of alkyl halides is 3. The molecule has 1 aliphatic rings. The molecular weight excluding hydrogens is 375 g/mol. The van der Waals surface area contributed by atoms with Crippen molar-refractivity contribution in [3.8, 4) is 0 Å². The van der Waals surface area contributed by atoms with Crippen LogP contribution < -0.4 is 5.32 Å². The highest BCUT2D eigenvalue weighted by atomic mass is 32.2. The predicted molar refractivity (Wildman–Crippen MR) is 85.5 cm³/mol. The van der Waals surface area contributed by atoms with Crippen molar-refractivity contribution < 1.29 is 31.2 Å². The molecule has 0 saturated carbocycles. The molecule has 1 N–H and O–H groups in total. The molecule has 2 rings (SSSR count). The first-order chi connectivity index (χ1) is 12.1. The Morgan fingerprint density at radius 1 is 1.19 bits per heavy atom. The van der Waals surface area contributed by atoms with Crippen LogP contribution in [0, 0.1) is 0 Å². The van der Waals surface area contributed by atoms with E-state index < -0.39 is 51.3 Å². The molecule has 26 heavy (non-hydrogen) atoms. The Morgan fingerprint density at radius 2 is 1.85 bits per heavy atom. The summed E-state index contributed by atoms with van der Waals surface area (Å²) < 4.78 is 64.0. The lowest BCUT2D eigenvalue weighted by molar-refractivity contribution is -0.138. The molecule has 0 aliphatic carbocycles. The zero-order valence-corrected chi connectivity index (χ0v) is 14.6. The number of carbonyl (C=O) groups excluding carboxylic acids is 2. The van der Waals surface area contributed by atoms with Gasteiger partial charge in [-0.1, -0.05) is 6.42 Å². The first-order valence-corrected chi connectivity index (χ1v) is 9.40. The Hall–Kier alpha value is -2.01. The standard InChI is InChI=1S/C15H18F3N3O4S/c16-15(17,18)12-4-6-19-10-11(12)14(23)20-7-5-13(22)26(24,25)21-8-2-1-3-9-21/h4,6,10H,1-3,5,7-9H2,(H,20,23). The Labute approximate surface area is 148 Å². The number of amides is 1. The number of hydrogen-bond acceptors (Lipinski definition) is 5. The number of carbonyl (C=O) groups is 2. The minimum absolute atomic E-state index is 0.269. The fourth-order valence-electron chi connectivity index (χ4n) is 2.57. The molecule has 0 aromatic carbocycles. The van der Waals surface area contributed by atoms with Gasteiger partial charge in [0.25, 0.3) is 21.0 Å². The lowest BCUT2D eigenvalue weighted by atomic mass is 10.1. The van der Waals surface area contributed by atoms with Gasteiger partial charge in [0.2, 0.25) is 0 Å². The Balaban J connectivity index is 1.95. The van der Waals surface area contributed by atoms with Crippen LogP contribution in [0.4, 0.5) is 13.2 Å². The van der Waals surface area contributed by atoms with E-state index in [9.17, 15) is 31.2 Å². The summed E-state index contributed by atoms with van der Waals surface area (Å²) in [5.74, 6) is -1.08. The van der Waals surface area contributed by atoms with Crippen LogP contribution in [0.1, 0.15) is 41.6 Å². The smallest absolute Gasteiger partial charge is 0.351 e. The van der Waals surface area contributed by atoms with E-state index in [4.69, 9.17) is 0 Å². The molecule has 0 bridgehead atoms. The van der Waals surface area contributed by atoms with Crippen LogP contribution in [-0.4, -0.2) is 48.4 Å². The van der Waals surface area contributed by atoms with E-state index in [1.165, 1.54) is 0 Å². The van der Waals surface area contributed by atoms with Crippen molar-refractivity contribution >= 4 is 21.0 Å². The van der Waals surface area contributed by atoms with E-state index in [0.717, 1.165) is 23.1 Å². The number of sulfonamides is 1. The van der Waals surface area contributed by atoms with E-state index in [1.54, 1.807) is 0 Å². The van der Waals surface area contributed by atoms with E-state index >= 15 is 0 Å². The summed E-state index contributed by atoms with van der Waals surface area (Å²) in [6.45, 7) is 0.146. The van der Waals surface area contributed by atoms with Gasteiger partial charge in [-0.05, 0) is 18.9 Å². The molecule has 0 radical (unpaired) electrons. The van der Waals surface area contributed by atoms with Crippen LogP contribution in [0.25, 0.3) is 0 Å². The largest absolute Gasteiger partial charge is 0.417 e. The summed E-state index contributed by atoms with van der Waals surface area (Å²) in [5, 5.41) is 1.07. The van der Waals surface area contributed by atoms with Gasteiger partial charge in [0.05, 0.1) is 11.1 Å². The zero-order chi connectivity index (χ0) is 19.4. The molecule has 0 atom stereocenters. The fourth-order valence-corrected chi connectivity index (χ4v) is 3.96. The normalized spacial score (nSPS) is 16.3. The lowest BCUT2D eigenvalue weighted by Gasteiger charge is -2.24. The van der Waals surface area contributed by atoms with E-state index in [0.29, 0.717) is 18.9 Å². The zero-order valence-electron chi connectivity index (χ0n) is 13.8. The maximum Gasteiger partial charge on any atom is 0.417 e. The second-order valence-corrected chi connectivity index (χ2v) is 7.68. The summed E-state index contributed by atoms with van der Waals surface area (Å²) in [6, 6.07) is 0.668. The molecule has 7 nitrogen and oxygen atoms in total. The van der Waals surface area contributed by atoms with Crippen LogP contribution in [-0.2, 0) is 21.0 Å². The van der Waals surface area contributed by atoms with Gasteiger partial charge in [-0.25, -0.2) is 8.42 Å². The highest BCUT2D eigenvalue weighted by Crippen LogP contribution is 2.31. The summed E-state index contributed by atoms with van der Waals surface area (Å²) >= 11 is 0. The van der Waals surface area contributed by atoms with E-state index in [1.807, 2.05) is 0 Å². The summed E-state index contributed by atoms with van der Waals surface area (Å²) in [4.78, 5) is 27.4. The minimum Gasteiger partial charge on any atom is -0.351 e. The monoisotopic (exact) mass is 393 g/mol. The van der Waals surface area contributed by atoms with Crippen LogP contribution in [0.2, 0.25) is 0 Å². The maximum atomic E-state index is 12.9. The first kappa shape index (κ1) is 20.3. The van der Waals surface area contributed by atoms with Crippen molar-refractivity contribution in [3.05, 3.63) is 29.6 Å². The van der Waals surface area contributed by atoms with Gasteiger partial charge in [0.1, 0.15) is 0 Å². The molecule has 11 heteroatoms. The Kier molecular flexibility index (Phi) is 6.34. The van der Waals surface area contributed by atoms with Gasteiger partial charge in [-0.3, -0.25) is 14.6 Å². The molecular formula is C15H18F3N3O4S. The van der Waals surface area contributed by atoms with Gasteiger partial charge >= 0.3 is 6.18 Å². The number of halogens is 3. The number of pyridine rings is 1. The average Bonchev–Trinajstić information content (AvgIpc) is 2.61. The SMILES string of the molecule is O=C(NCCC(=O)S(=O)(=O)N1CCCCC1)c1cnccc1C(F)(F)F. The molecule has 1 fully saturated rings. The lowest BCUT2D eigenvalue weighted by Crippen LogP contribution is -2.40. The minimum atomic E-state index is -4.73. The van der Waals surface area contributed by atoms with Gasteiger partial charge in [-0.15, -0.1) is 0 Å². The second kappa shape index (κ2) is 8.12. The van der Waals surface area contributed by atoms with Crippen LogP contribution >= 0.6 is 0 Å². The van der Waals surface area contributed by atoms with Crippen molar-refractivity contribution in [2.24, 2.45) is 0 Å². The van der Waals surface area contributed by atoms with E-state index in [-0.39, 0.29) is 13.1 Å². The summed E-state index contributed by atoms with van der Waals surface area (Å²) in [7, 11) is -4.11. The van der Waals surface area contributed by atoms with Gasteiger partial charge < -0.3 is 5.32 Å². The number of piperidine rings is 1. The number of hydrogen-bond donors (Lipinski definition) is 1. The van der Waals surface area contributed by atoms with Gasteiger partial charge in [0.15, 0.2) is 0 Å². The highest BCUT2D eigenvalue weighted by Gasteiger charge is 2.35. The number of rotatable bonds is 5. The number of nitrogens with zero attached hydrogens (tertiary/aromatic N) is 2. The molecule has 1 saturated heterocycles. The molecule has 1 aromatic heterocycles. The predicted octanol–water partition coefficient (Wildman–Crippen LogP) is 1.56. The fraction of sp³-hybridized carbons (Fsp3) is 0.533. The highest BCUT2D eigenvalue weighted by molar-refractivity contribution is 8.04. The van der Waals surface area contributed by atoms with Gasteiger partial charge in [0, 0.05) is 38.4 Å². The molecule has 0 spiro atoms. The summed E-state index contributed by atoms with van der Waals surface area (Å²) in [5.41, 5.74) is -1.84. The van der Waals surface area contributed by atoms with Crippen LogP contribution in [0.3, 0.4) is 0 Å².